The van der Waals surface area contributed by atoms with Gasteiger partial charge in [-0.2, -0.15) is 0 Å². The van der Waals surface area contributed by atoms with E-state index in [1.54, 1.807) is 6.92 Å². The van der Waals surface area contributed by atoms with Crippen LogP contribution >= 0.6 is 0 Å². The number of benzene rings is 1. The van der Waals surface area contributed by atoms with Crippen molar-refractivity contribution in [3.63, 3.8) is 0 Å². The molecule has 0 amide bonds. The van der Waals surface area contributed by atoms with Gasteiger partial charge in [-0.05, 0) is 36.8 Å². The van der Waals surface area contributed by atoms with E-state index in [0.717, 1.165) is 18.2 Å². The van der Waals surface area contributed by atoms with Crippen molar-refractivity contribution in [2.24, 2.45) is 0 Å². The van der Waals surface area contributed by atoms with Gasteiger partial charge >= 0.3 is 5.97 Å². The molecule has 0 atom stereocenters. The fourth-order valence-electron chi connectivity index (χ4n) is 1.92. The van der Waals surface area contributed by atoms with E-state index in [4.69, 9.17) is 5.11 Å². The quantitative estimate of drug-likeness (QED) is 0.905. The lowest BCUT2D eigenvalue weighted by atomic mass is 10.0. The Morgan fingerprint density at radius 1 is 1.30 bits per heavy atom. The van der Waals surface area contributed by atoms with Crippen molar-refractivity contribution in [2.75, 3.05) is 12.4 Å². The van der Waals surface area contributed by atoms with E-state index in [-0.39, 0.29) is 22.6 Å². The summed E-state index contributed by atoms with van der Waals surface area (Å²) < 4.78 is 27.0. The second-order valence-electron chi connectivity index (χ2n) is 4.23. The number of hydrogen-bond acceptors (Lipinski definition) is 3. The van der Waals surface area contributed by atoms with Gasteiger partial charge in [-0.25, -0.2) is 18.6 Å². The van der Waals surface area contributed by atoms with Crippen molar-refractivity contribution in [1.29, 1.82) is 0 Å². The Morgan fingerprint density at radius 3 is 2.60 bits per heavy atom. The second kappa shape index (κ2) is 5.24. The number of carboxylic acid groups (broad SMARTS) is 1. The average molecular weight is 278 g/mol. The molecule has 2 N–H and O–H groups in total. The molecule has 0 aliphatic carbocycles. The summed E-state index contributed by atoms with van der Waals surface area (Å²) in [4.78, 5) is 15.2. The number of aromatic carboxylic acids is 1. The van der Waals surface area contributed by atoms with E-state index in [0.29, 0.717) is 5.56 Å². The number of aromatic nitrogens is 1. The number of nitrogens with zero attached hydrogens (tertiary/aromatic N) is 1. The lowest BCUT2D eigenvalue weighted by Crippen LogP contribution is -2.07. The molecule has 0 bridgehead atoms. The van der Waals surface area contributed by atoms with Crippen LogP contribution in [0.2, 0.25) is 0 Å². The van der Waals surface area contributed by atoms with Gasteiger partial charge in [0.05, 0.1) is 5.69 Å². The number of aryl methyl sites for hydroxylation is 1. The third-order valence-corrected chi connectivity index (χ3v) is 2.86. The van der Waals surface area contributed by atoms with Gasteiger partial charge in [0.15, 0.2) is 0 Å². The molecule has 1 aromatic carbocycles. The zero-order valence-corrected chi connectivity index (χ0v) is 10.9. The number of nitrogens with one attached hydrogen (secondary N) is 1. The van der Waals surface area contributed by atoms with Crippen molar-refractivity contribution in [3.8, 4) is 11.3 Å². The third-order valence-electron chi connectivity index (χ3n) is 2.86. The van der Waals surface area contributed by atoms with Crippen LogP contribution in [-0.4, -0.2) is 23.1 Å². The summed E-state index contributed by atoms with van der Waals surface area (Å²) in [5.74, 6) is -2.25. The van der Waals surface area contributed by atoms with Crippen LogP contribution in [0.1, 0.15) is 15.9 Å². The highest BCUT2D eigenvalue weighted by molar-refractivity contribution is 5.94. The van der Waals surface area contributed by atoms with Crippen molar-refractivity contribution < 1.29 is 18.7 Å². The first-order valence-corrected chi connectivity index (χ1v) is 5.82. The summed E-state index contributed by atoms with van der Waals surface area (Å²) in [5, 5.41) is 11.7. The number of hydrogen-bond donors (Lipinski definition) is 2. The molecule has 6 heteroatoms. The highest BCUT2D eigenvalue weighted by Crippen LogP contribution is 2.28. The van der Waals surface area contributed by atoms with E-state index in [9.17, 15) is 13.6 Å². The molecule has 0 radical (unpaired) electrons. The molecule has 104 valence electrons. The molecular weight excluding hydrogens is 266 g/mol. The fraction of sp³-hybridized carbons (Fsp3) is 0.143. The SMILES string of the molecule is CNc1nc(-c2cc(F)ccc2F)c(C)cc1C(=O)O. The molecule has 0 aliphatic heterocycles. The van der Waals surface area contributed by atoms with Crippen LogP contribution in [0.3, 0.4) is 0 Å². The molecular formula is C14H12F2N2O2. The summed E-state index contributed by atoms with van der Waals surface area (Å²) in [6, 6.07) is 4.43. The minimum Gasteiger partial charge on any atom is -0.478 e. The van der Waals surface area contributed by atoms with Gasteiger partial charge in [-0.15, -0.1) is 0 Å². The van der Waals surface area contributed by atoms with Crippen molar-refractivity contribution in [1.82, 2.24) is 4.98 Å². The molecule has 0 aliphatic rings. The molecule has 0 unspecified atom stereocenters. The predicted octanol–water partition coefficient (Wildman–Crippen LogP) is 3.08. The number of rotatable bonds is 3. The Hall–Kier alpha value is -2.50. The Bertz CT molecular complexity index is 687. The maximum Gasteiger partial charge on any atom is 0.339 e. The summed E-state index contributed by atoms with van der Waals surface area (Å²) in [5.41, 5.74) is 0.628. The van der Waals surface area contributed by atoms with Gasteiger partial charge in [-0.3, -0.25) is 0 Å². The van der Waals surface area contributed by atoms with Gasteiger partial charge in [0.2, 0.25) is 0 Å². The van der Waals surface area contributed by atoms with Crippen molar-refractivity contribution in [2.45, 2.75) is 6.92 Å². The molecule has 20 heavy (non-hydrogen) atoms. The minimum absolute atomic E-state index is 0.00376. The zero-order valence-electron chi connectivity index (χ0n) is 10.9. The monoisotopic (exact) mass is 278 g/mol. The fourth-order valence-corrected chi connectivity index (χ4v) is 1.92. The van der Waals surface area contributed by atoms with E-state index in [2.05, 4.69) is 10.3 Å². The largest absolute Gasteiger partial charge is 0.478 e. The highest BCUT2D eigenvalue weighted by Gasteiger charge is 2.17. The van der Waals surface area contributed by atoms with Gasteiger partial charge in [-0.1, -0.05) is 0 Å². The molecule has 0 fully saturated rings. The smallest absolute Gasteiger partial charge is 0.339 e. The molecule has 1 aromatic heterocycles. The van der Waals surface area contributed by atoms with E-state index in [1.165, 1.54) is 13.1 Å². The summed E-state index contributed by atoms with van der Waals surface area (Å²) in [6.07, 6.45) is 0. The Labute approximate surface area is 114 Å². The number of anilines is 1. The van der Waals surface area contributed by atoms with Gasteiger partial charge in [0, 0.05) is 12.6 Å². The zero-order chi connectivity index (χ0) is 14.9. The minimum atomic E-state index is -1.14. The molecule has 4 nitrogen and oxygen atoms in total. The molecule has 2 rings (SSSR count). The van der Waals surface area contributed by atoms with Crippen LogP contribution in [0.25, 0.3) is 11.3 Å². The van der Waals surface area contributed by atoms with Crippen LogP contribution in [0.4, 0.5) is 14.6 Å². The van der Waals surface area contributed by atoms with Gasteiger partial charge in [0.25, 0.3) is 0 Å². The van der Waals surface area contributed by atoms with Crippen LogP contribution < -0.4 is 5.32 Å². The summed E-state index contributed by atoms with van der Waals surface area (Å²) >= 11 is 0. The number of carbonyl (C=O) groups is 1. The van der Waals surface area contributed by atoms with Crippen molar-refractivity contribution >= 4 is 11.8 Å². The Balaban J connectivity index is 2.69. The molecule has 0 saturated heterocycles. The molecule has 0 saturated carbocycles. The second-order valence-corrected chi connectivity index (χ2v) is 4.23. The molecule has 2 aromatic rings. The standard InChI is InChI=1S/C14H12F2N2O2/c1-7-5-10(14(19)20)13(17-2)18-12(7)9-6-8(15)3-4-11(9)16/h3-6H,1-2H3,(H,17,18)(H,19,20). The van der Waals surface area contributed by atoms with Gasteiger partial charge < -0.3 is 10.4 Å². The van der Waals surface area contributed by atoms with Crippen molar-refractivity contribution in [3.05, 3.63) is 47.0 Å². The predicted molar refractivity (Wildman–Crippen MR) is 70.8 cm³/mol. The summed E-state index contributed by atoms with van der Waals surface area (Å²) in [6.45, 7) is 1.60. The third kappa shape index (κ3) is 2.45. The number of halogens is 2. The topological polar surface area (TPSA) is 62.2 Å². The molecule has 0 spiro atoms. The first-order valence-electron chi connectivity index (χ1n) is 5.82. The maximum atomic E-state index is 13.8. The van der Waals surface area contributed by atoms with Crippen LogP contribution in [0.15, 0.2) is 24.3 Å². The molecule has 1 heterocycles. The first kappa shape index (κ1) is 13.9. The maximum absolute atomic E-state index is 13.8. The van der Waals surface area contributed by atoms with Crippen LogP contribution in [0.5, 0.6) is 0 Å². The lowest BCUT2D eigenvalue weighted by Gasteiger charge is -2.11. The lowest BCUT2D eigenvalue weighted by molar-refractivity contribution is 0.0697. The van der Waals surface area contributed by atoms with Crippen LogP contribution in [-0.2, 0) is 0 Å². The number of carboxylic acids is 1. The van der Waals surface area contributed by atoms with Crippen LogP contribution in [0, 0.1) is 18.6 Å². The Morgan fingerprint density at radius 2 is 2.00 bits per heavy atom. The van der Waals surface area contributed by atoms with Gasteiger partial charge in [0.1, 0.15) is 23.0 Å². The van der Waals surface area contributed by atoms with E-state index < -0.39 is 17.6 Å². The Kier molecular flexibility index (Phi) is 3.65. The van der Waals surface area contributed by atoms with E-state index in [1.807, 2.05) is 0 Å². The first-order chi connectivity index (χ1) is 9.43. The average Bonchev–Trinajstić information content (AvgIpc) is 2.41. The number of pyridine rings is 1. The summed E-state index contributed by atoms with van der Waals surface area (Å²) in [7, 11) is 1.51. The van der Waals surface area contributed by atoms with E-state index >= 15 is 0 Å². The highest BCUT2D eigenvalue weighted by atomic mass is 19.1. The normalized spacial score (nSPS) is 10.4.